The molecule has 1 amide bonds. The predicted molar refractivity (Wildman–Crippen MR) is 79.6 cm³/mol. The second-order valence-electron chi connectivity index (χ2n) is 4.88. The van der Waals surface area contributed by atoms with Crippen LogP contribution >= 0.6 is 11.3 Å². The van der Waals surface area contributed by atoms with Gasteiger partial charge in [-0.05, 0) is 26.7 Å². The largest absolute Gasteiger partial charge is 0.349 e. The van der Waals surface area contributed by atoms with Crippen molar-refractivity contribution in [3.8, 4) is 0 Å². The third-order valence-corrected chi connectivity index (χ3v) is 4.23. The van der Waals surface area contributed by atoms with Gasteiger partial charge in [-0.3, -0.25) is 9.48 Å². The summed E-state index contributed by atoms with van der Waals surface area (Å²) >= 11 is 1.64. The minimum atomic E-state index is -0.00365. The van der Waals surface area contributed by atoms with Gasteiger partial charge in [-0.25, -0.2) is 4.98 Å². The second kappa shape index (κ2) is 6.65. The molecule has 1 atom stereocenters. The van der Waals surface area contributed by atoms with E-state index in [2.05, 4.69) is 15.4 Å². The number of amides is 1. The lowest BCUT2D eigenvalue weighted by Gasteiger charge is -2.13. The molecule has 0 saturated heterocycles. The van der Waals surface area contributed by atoms with E-state index in [1.54, 1.807) is 17.5 Å². The van der Waals surface area contributed by atoms with E-state index in [9.17, 15) is 4.79 Å². The second-order valence-corrected chi connectivity index (χ2v) is 5.86. The van der Waals surface area contributed by atoms with Gasteiger partial charge in [-0.1, -0.05) is 0 Å². The molecular weight excluding hydrogens is 272 g/mol. The van der Waals surface area contributed by atoms with Crippen LogP contribution in [0.3, 0.4) is 0 Å². The van der Waals surface area contributed by atoms with E-state index in [1.807, 2.05) is 37.2 Å². The number of nitrogens with one attached hydrogen (secondary N) is 1. The summed E-state index contributed by atoms with van der Waals surface area (Å²) in [4.78, 5) is 16.1. The summed E-state index contributed by atoms with van der Waals surface area (Å²) in [5, 5.41) is 10.3. The third kappa shape index (κ3) is 3.66. The topological polar surface area (TPSA) is 59.8 Å². The number of thiazole rings is 1. The smallest absolute Gasteiger partial charge is 0.220 e. The summed E-state index contributed by atoms with van der Waals surface area (Å²) in [5.74, 6) is 0.0808. The Balaban J connectivity index is 1.78. The maximum absolute atomic E-state index is 11.9. The Kier molecular flexibility index (Phi) is 4.89. The van der Waals surface area contributed by atoms with Gasteiger partial charge in [0.2, 0.25) is 5.91 Å². The van der Waals surface area contributed by atoms with Crippen molar-refractivity contribution in [2.75, 3.05) is 0 Å². The number of nitrogens with zero attached hydrogens (tertiary/aromatic N) is 3. The van der Waals surface area contributed by atoms with Gasteiger partial charge in [-0.2, -0.15) is 5.10 Å². The Labute approximate surface area is 123 Å². The molecule has 0 saturated carbocycles. The van der Waals surface area contributed by atoms with Crippen molar-refractivity contribution in [1.82, 2.24) is 20.1 Å². The first-order valence-electron chi connectivity index (χ1n) is 6.74. The molecule has 0 bridgehead atoms. The number of aromatic nitrogens is 3. The predicted octanol–water partition coefficient (Wildman–Crippen LogP) is 2.39. The van der Waals surface area contributed by atoms with E-state index in [0.29, 0.717) is 6.42 Å². The standard InChI is InChI=1S/C14H20N4OS/c1-10(12-9-16-18(3)11(12)2)17-13(19)5-4-6-14-15-7-8-20-14/h7-10H,4-6H2,1-3H3,(H,17,19). The first-order valence-corrected chi connectivity index (χ1v) is 7.62. The Morgan fingerprint density at radius 1 is 1.55 bits per heavy atom. The molecule has 2 heterocycles. The SMILES string of the molecule is Cc1c(C(C)NC(=O)CCCc2nccs2)cnn1C. The van der Waals surface area contributed by atoms with E-state index in [-0.39, 0.29) is 11.9 Å². The Hall–Kier alpha value is -1.69. The first-order chi connectivity index (χ1) is 9.58. The van der Waals surface area contributed by atoms with Crippen molar-refractivity contribution in [2.45, 2.75) is 39.2 Å². The van der Waals surface area contributed by atoms with Crippen molar-refractivity contribution in [3.63, 3.8) is 0 Å². The lowest BCUT2D eigenvalue weighted by Crippen LogP contribution is -2.26. The number of carbonyl (C=O) groups excluding carboxylic acids is 1. The zero-order valence-electron chi connectivity index (χ0n) is 12.1. The molecule has 0 aromatic carbocycles. The molecule has 5 nitrogen and oxygen atoms in total. The molecule has 20 heavy (non-hydrogen) atoms. The molecule has 2 aromatic heterocycles. The molecular formula is C14H20N4OS. The fraction of sp³-hybridized carbons (Fsp3) is 0.500. The average molecular weight is 292 g/mol. The summed E-state index contributed by atoms with van der Waals surface area (Å²) in [6, 6.07) is -0.00365. The van der Waals surface area contributed by atoms with E-state index in [4.69, 9.17) is 0 Å². The number of hydrogen-bond acceptors (Lipinski definition) is 4. The van der Waals surface area contributed by atoms with Crippen LogP contribution < -0.4 is 5.32 Å². The molecule has 0 spiro atoms. The number of aryl methyl sites for hydroxylation is 2. The van der Waals surface area contributed by atoms with Crippen LogP contribution in [0.5, 0.6) is 0 Å². The minimum absolute atomic E-state index is 0.00365. The number of rotatable bonds is 6. The maximum Gasteiger partial charge on any atom is 0.220 e. The fourth-order valence-corrected chi connectivity index (χ4v) is 2.77. The van der Waals surface area contributed by atoms with Crippen LogP contribution in [0.2, 0.25) is 0 Å². The van der Waals surface area contributed by atoms with Crippen LogP contribution in [0.4, 0.5) is 0 Å². The van der Waals surface area contributed by atoms with Gasteiger partial charge in [0.15, 0.2) is 0 Å². The van der Waals surface area contributed by atoms with Crippen LogP contribution in [0.25, 0.3) is 0 Å². The van der Waals surface area contributed by atoms with Crippen molar-refractivity contribution >= 4 is 17.2 Å². The van der Waals surface area contributed by atoms with Gasteiger partial charge in [0.05, 0.1) is 17.2 Å². The van der Waals surface area contributed by atoms with Crippen LogP contribution in [-0.4, -0.2) is 20.7 Å². The van der Waals surface area contributed by atoms with Crippen molar-refractivity contribution in [3.05, 3.63) is 34.0 Å². The van der Waals surface area contributed by atoms with Gasteiger partial charge in [0.25, 0.3) is 0 Å². The molecule has 1 unspecified atom stereocenters. The quantitative estimate of drug-likeness (QED) is 0.889. The van der Waals surface area contributed by atoms with Crippen LogP contribution in [0.1, 0.15) is 42.1 Å². The van der Waals surface area contributed by atoms with Gasteiger partial charge < -0.3 is 5.32 Å². The van der Waals surface area contributed by atoms with E-state index < -0.39 is 0 Å². The highest BCUT2D eigenvalue weighted by molar-refractivity contribution is 7.09. The van der Waals surface area contributed by atoms with Crippen LogP contribution in [0, 0.1) is 6.92 Å². The zero-order chi connectivity index (χ0) is 14.5. The molecule has 0 fully saturated rings. The Bertz CT molecular complexity index is 562. The summed E-state index contributed by atoms with van der Waals surface area (Å²) in [7, 11) is 1.90. The lowest BCUT2D eigenvalue weighted by atomic mass is 10.1. The van der Waals surface area contributed by atoms with Crippen molar-refractivity contribution < 1.29 is 4.79 Å². The van der Waals surface area contributed by atoms with Gasteiger partial charge in [0.1, 0.15) is 0 Å². The van der Waals surface area contributed by atoms with Gasteiger partial charge in [0, 0.05) is 36.3 Å². The highest BCUT2D eigenvalue weighted by Crippen LogP contribution is 2.16. The molecule has 0 radical (unpaired) electrons. The zero-order valence-corrected chi connectivity index (χ0v) is 12.9. The fourth-order valence-electron chi connectivity index (χ4n) is 2.11. The summed E-state index contributed by atoms with van der Waals surface area (Å²) in [6.07, 6.45) is 5.84. The minimum Gasteiger partial charge on any atom is -0.349 e. The molecule has 6 heteroatoms. The van der Waals surface area contributed by atoms with E-state index in [1.165, 1.54) is 0 Å². The normalized spacial score (nSPS) is 12.3. The molecule has 2 rings (SSSR count). The molecule has 1 N–H and O–H groups in total. The number of carbonyl (C=O) groups is 1. The molecule has 108 valence electrons. The summed E-state index contributed by atoms with van der Waals surface area (Å²) in [6.45, 7) is 4.00. The monoisotopic (exact) mass is 292 g/mol. The average Bonchev–Trinajstić information content (AvgIpc) is 3.01. The van der Waals surface area contributed by atoms with Crippen LogP contribution in [0.15, 0.2) is 17.8 Å². The maximum atomic E-state index is 11.9. The summed E-state index contributed by atoms with van der Waals surface area (Å²) in [5.41, 5.74) is 2.15. The van der Waals surface area contributed by atoms with Gasteiger partial charge in [-0.15, -0.1) is 11.3 Å². The van der Waals surface area contributed by atoms with Gasteiger partial charge >= 0.3 is 0 Å². The highest BCUT2D eigenvalue weighted by atomic mass is 32.1. The van der Waals surface area contributed by atoms with E-state index >= 15 is 0 Å². The molecule has 0 aliphatic carbocycles. The molecule has 0 aliphatic heterocycles. The lowest BCUT2D eigenvalue weighted by molar-refractivity contribution is -0.121. The van der Waals surface area contributed by atoms with Crippen molar-refractivity contribution in [2.24, 2.45) is 7.05 Å². The summed E-state index contributed by atoms with van der Waals surface area (Å²) < 4.78 is 1.82. The Morgan fingerprint density at radius 2 is 2.35 bits per heavy atom. The third-order valence-electron chi connectivity index (χ3n) is 3.40. The highest BCUT2D eigenvalue weighted by Gasteiger charge is 2.14. The van der Waals surface area contributed by atoms with E-state index in [0.717, 1.165) is 29.1 Å². The van der Waals surface area contributed by atoms with Crippen molar-refractivity contribution in [1.29, 1.82) is 0 Å². The number of hydrogen-bond donors (Lipinski definition) is 1. The van der Waals surface area contributed by atoms with Crippen LogP contribution in [-0.2, 0) is 18.3 Å². The first kappa shape index (κ1) is 14.7. The Morgan fingerprint density at radius 3 is 2.95 bits per heavy atom. The molecule has 2 aromatic rings. The molecule has 0 aliphatic rings.